The lowest BCUT2D eigenvalue weighted by Crippen LogP contribution is -2.31. The first kappa shape index (κ1) is 17.8. The minimum absolute atomic E-state index is 0.451. The third-order valence-electron chi connectivity index (χ3n) is 4.12. The van der Waals surface area contributed by atoms with E-state index in [-0.39, 0.29) is 0 Å². The van der Waals surface area contributed by atoms with E-state index in [0.717, 1.165) is 30.7 Å². The number of anilines is 1. The molecule has 3 rings (SSSR count). The molecule has 0 radical (unpaired) electrons. The maximum Gasteiger partial charge on any atom is 0.316 e. The van der Waals surface area contributed by atoms with Crippen molar-refractivity contribution in [1.82, 2.24) is 4.98 Å². The molecule has 0 N–H and O–H groups in total. The summed E-state index contributed by atoms with van der Waals surface area (Å²) < 4.78 is 31.6. The topological polar surface area (TPSA) is 42.4 Å². The molecule has 0 saturated carbocycles. The lowest BCUT2D eigenvalue weighted by Gasteiger charge is -2.17. The maximum absolute atomic E-state index is 12.6. The van der Waals surface area contributed by atoms with Gasteiger partial charge in [0.05, 0.1) is 12.7 Å². The van der Waals surface area contributed by atoms with Gasteiger partial charge < -0.3 is 9.64 Å². The summed E-state index contributed by atoms with van der Waals surface area (Å²) in [4.78, 5) is 16.7. The summed E-state index contributed by atoms with van der Waals surface area (Å²) in [6.45, 7) is 0. The number of allylic oxidation sites excluding steroid dienone is 1. The predicted molar refractivity (Wildman–Crippen MR) is 101 cm³/mol. The number of pyridine rings is 1. The third-order valence-corrected chi connectivity index (χ3v) is 5.02. The number of fused-ring (bicyclic) bond motifs is 1. The number of methoxy groups -OCH3 is 1. The smallest absolute Gasteiger partial charge is 0.316 e. The predicted octanol–water partition coefficient (Wildman–Crippen LogP) is 4.02. The van der Waals surface area contributed by atoms with E-state index in [2.05, 4.69) is 27.6 Å². The molecule has 1 aliphatic carbocycles. The lowest BCUT2D eigenvalue weighted by molar-refractivity contribution is -0.128. The number of amides is 1. The van der Waals surface area contributed by atoms with Gasteiger partial charge in [0.1, 0.15) is 0 Å². The van der Waals surface area contributed by atoms with Crippen LogP contribution >= 0.6 is 22.6 Å². The van der Waals surface area contributed by atoms with Crippen molar-refractivity contribution >= 4 is 45.8 Å². The van der Waals surface area contributed by atoms with Gasteiger partial charge in [-0.25, -0.2) is 4.98 Å². The number of halogens is 3. The molecule has 0 saturated heterocycles. The highest BCUT2D eigenvalue weighted by molar-refractivity contribution is 14.1. The quantitative estimate of drug-likeness (QED) is 0.653. The van der Waals surface area contributed by atoms with Crippen LogP contribution in [0.3, 0.4) is 0 Å². The maximum atomic E-state index is 12.6. The van der Waals surface area contributed by atoms with Crippen LogP contribution in [-0.2, 0) is 11.2 Å². The zero-order valence-electron chi connectivity index (χ0n) is 13.6. The van der Waals surface area contributed by atoms with Gasteiger partial charge in [-0.3, -0.25) is 4.79 Å². The first-order chi connectivity index (χ1) is 11.9. The Bertz CT molecular complexity index is 868. The highest BCUT2D eigenvalue weighted by Gasteiger charge is 2.24. The molecular formula is C18H15F2IN2O2. The molecule has 130 valence electrons. The minimum Gasteiger partial charge on any atom is -0.481 e. The molecule has 2 aromatic rings. The van der Waals surface area contributed by atoms with E-state index in [4.69, 9.17) is 4.74 Å². The van der Waals surface area contributed by atoms with Crippen LogP contribution in [0.2, 0.25) is 0 Å². The molecule has 1 aromatic carbocycles. The van der Waals surface area contributed by atoms with Crippen molar-refractivity contribution in [2.24, 2.45) is 0 Å². The molecule has 1 amide bonds. The minimum atomic E-state index is -3.02. The third kappa shape index (κ3) is 3.37. The van der Waals surface area contributed by atoms with E-state index >= 15 is 0 Å². The van der Waals surface area contributed by atoms with Crippen LogP contribution in [0.15, 0.2) is 30.5 Å². The molecule has 4 nitrogen and oxygen atoms in total. The average Bonchev–Trinajstić information content (AvgIpc) is 3.02. The molecule has 1 aromatic heterocycles. The van der Waals surface area contributed by atoms with Gasteiger partial charge in [-0.2, -0.15) is 8.78 Å². The Labute approximate surface area is 157 Å². The summed E-state index contributed by atoms with van der Waals surface area (Å²) in [6, 6.07) is 7.18. The highest BCUT2D eigenvalue weighted by atomic mass is 127. The van der Waals surface area contributed by atoms with E-state index in [1.165, 1.54) is 7.05 Å². The molecule has 25 heavy (non-hydrogen) atoms. The lowest BCUT2D eigenvalue weighted by atomic mass is 10.0. The van der Waals surface area contributed by atoms with E-state index < -0.39 is 12.3 Å². The van der Waals surface area contributed by atoms with Gasteiger partial charge in [0.25, 0.3) is 5.91 Å². The van der Waals surface area contributed by atoms with Crippen LogP contribution in [-0.4, -0.2) is 31.5 Å². The first-order valence-electron chi connectivity index (χ1n) is 7.50. The summed E-state index contributed by atoms with van der Waals surface area (Å²) in [6.07, 6.45) is 1.33. The fourth-order valence-electron chi connectivity index (χ4n) is 2.84. The Hall–Kier alpha value is -2.03. The molecule has 0 spiro atoms. The van der Waals surface area contributed by atoms with Crippen molar-refractivity contribution < 1.29 is 18.3 Å². The SMILES string of the molecule is COc1nccc(I)c1C1=Cc2ccc(N(C)C(=O)C(F)F)cc2C1. The molecule has 0 fully saturated rings. The molecular weight excluding hydrogens is 441 g/mol. The van der Waals surface area contributed by atoms with Crippen molar-refractivity contribution in [1.29, 1.82) is 0 Å². The summed E-state index contributed by atoms with van der Waals surface area (Å²) in [5.41, 5.74) is 4.40. The average molecular weight is 456 g/mol. The molecule has 7 heteroatoms. The van der Waals surface area contributed by atoms with Crippen molar-refractivity contribution in [3.8, 4) is 5.88 Å². The number of carbonyl (C=O) groups excluding carboxylic acids is 1. The van der Waals surface area contributed by atoms with Crippen LogP contribution in [0.1, 0.15) is 16.7 Å². The normalized spacial score (nSPS) is 12.8. The number of alkyl halides is 2. The largest absolute Gasteiger partial charge is 0.481 e. The van der Waals surface area contributed by atoms with E-state index in [1.54, 1.807) is 25.4 Å². The molecule has 0 aliphatic heterocycles. The van der Waals surface area contributed by atoms with Crippen molar-refractivity contribution in [3.05, 3.63) is 50.7 Å². The van der Waals surface area contributed by atoms with Crippen LogP contribution < -0.4 is 9.64 Å². The Morgan fingerprint density at radius 3 is 2.80 bits per heavy atom. The van der Waals surface area contributed by atoms with Crippen molar-refractivity contribution in [2.45, 2.75) is 12.8 Å². The van der Waals surface area contributed by atoms with Crippen molar-refractivity contribution in [3.63, 3.8) is 0 Å². The molecule has 0 atom stereocenters. The van der Waals surface area contributed by atoms with Crippen LogP contribution in [0, 0.1) is 3.57 Å². The Morgan fingerprint density at radius 2 is 2.12 bits per heavy atom. The van der Waals surface area contributed by atoms with Crippen LogP contribution in [0.5, 0.6) is 5.88 Å². The number of nitrogens with zero attached hydrogens (tertiary/aromatic N) is 2. The fraction of sp³-hybridized carbons (Fsp3) is 0.222. The number of ether oxygens (including phenoxy) is 1. The van der Waals surface area contributed by atoms with E-state index in [1.807, 2.05) is 18.2 Å². The Balaban J connectivity index is 1.92. The number of hydrogen-bond donors (Lipinski definition) is 0. The van der Waals surface area contributed by atoms with E-state index in [9.17, 15) is 13.6 Å². The number of rotatable bonds is 4. The fourth-order valence-corrected chi connectivity index (χ4v) is 3.58. The van der Waals surface area contributed by atoms with Crippen LogP contribution in [0.25, 0.3) is 11.6 Å². The number of hydrogen-bond acceptors (Lipinski definition) is 3. The van der Waals surface area contributed by atoms with Crippen LogP contribution in [0.4, 0.5) is 14.5 Å². The van der Waals surface area contributed by atoms with E-state index in [0.29, 0.717) is 18.0 Å². The van der Waals surface area contributed by atoms with Gasteiger partial charge in [0.2, 0.25) is 5.88 Å². The Kier molecular flexibility index (Phi) is 5.03. The second-order valence-corrected chi connectivity index (χ2v) is 6.77. The molecule has 1 aliphatic rings. The second-order valence-electron chi connectivity index (χ2n) is 5.60. The molecule has 1 heterocycles. The monoisotopic (exact) mass is 456 g/mol. The Morgan fingerprint density at radius 1 is 1.36 bits per heavy atom. The molecule has 0 unspecified atom stereocenters. The van der Waals surface area contributed by atoms with Gasteiger partial charge in [-0.05, 0) is 63.9 Å². The highest BCUT2D eigenvalue weighted by Crippen LogP contribution is 2.38. The van der Waals surface area contributed by atoms with Gasteiger partial charge in [0, 0.05) is 22.5 Å². The summed E-state index contributed by atoms with van der Waals surface area (Å²) in [5, 5.41) is 0. The zero-order chi connectivity index (χ0) is 18.1. The standard InChI is InChI=1S/C18H15F2IN2O2/c1-23(18(24)16(19)20)13-4-3-10-7-12(8-11(10)9-13)15-14(21)5-6-22-17(15)25-2/h3-7,9,16H,8H2,1-2H3. The van der Waals surface area contributed by atoms with Gasteiger partial charge in [-0.15, -0.1) is 0 Å². The summed E-state index contributed by atoms with van der Waals surface area (Å²) in [7, 11) is 2.93. The summed E-state index contributed by atoms with van der Waals surface area (Å²) in [5.74, 6) is -0.661. The first-order valence-corrected chi connectivity index (χ1v) is 8.58. The zero-order valence-corrected chi connectivity index (χ0v) is 15.8. The van der Waals surface area contributed by atoms with Gasteiger partial charge in [-0.1, -0.05) is 12.1 Å². The second kappa shape index (κ2) is 7.07. The number of carbonyl (C=O) groups is 1. The molecule has 0 bridgehead atoms. The van der Waals surface area contributed by atoms with Gasteiger partial charge >= 0.3 is 6.43 Å². The summed E-state index contributed by atoms with van der Waals surface area (Å²) >= 11 is 2.23. The van der Waals surface area contributed by atoms with Gasteiger partial charge in [0.15, 0.2) is 0 Å². The van der Waals surface area contributed by atoms with Crippen molar-refractivity contribution in [2.75, 3.05) is 19.1 Å². The number of aromatic nitrogens is 1. The number of benzene rings is 1.